The van der Waals surface area contributed by atoms with Crippen LogP contribution in [0.5, 0.6) is 0 Å². The minimum atomic E-state index is -4.67. The van der Waals surface area contributed by atoms with Gasteiger partial charge in [-0.05, 0) is 94.3 Å². The molecule has 2 atom stereocenters. The first-order chi connectivity index (χ1) is 31.9. The number of hydrogen-bond acceptors (Lipinski definition) is 16. The van der Waals surface area contributed by atoms with Crippen molar-refractivity contribution in [1.82, 2.24) is 0 Å². The number of unbranched alkanes of at least 4 members (excludes halogenated alkanes) is 2. The van der Waals surface area contributed by atoms with E-state index in [2.05, 4.69) is 0 Å². The number of fused-ring (bicyclic) bond motifs is 2. The number of anilines is 1. The van der Waals surface area contributed by atoms with Crippen molar-refractivity contribution in [3.05, 3.63) is 71.5 Å². The summed E-state index contributed by atoms with van der Waals surface area (Å²) in [7, 11) is -13.4. The van der Waals surface area contributed by atoms with Crippen LogP contribution in [-0.2, 0) is 83.4 Å². The molecule has 0 bridgehead atoms. The van der Waals surface area contributed by atoms with E-state index in [0.717, 1.165) is 14.2 Å². The van der Waals surface area contributed by atoms with Crippen LogP contribution in [0, 0.1) is 0 Å². The number of benzene rings is 2. The van der Waals surface area contributed by atoms with Gasteiger partial charge in [0, 0.05) is 61.0 Å². The Morgan fingerprint density at radius 1 is 0.676 bits per heavy atom. The highest BCUT2D eigenvalue weighted by Gasteiger charge is 2.48. The summed E-state index contributed by atoms with van der Waals surface area (Å²) in [6.07, 6.45) is 7.29. The fraction of sp³-hybridized carbons (Fsp3) is 0.591. The zero-order valence-corrected chi connectivity index (χ0v) is 42.4. The normalized spacial score (nSPS) is 19.4. The average Bonchev–Trinajstić information content (AvgIpc) is 3.64. The standard InChI is InChI=1S/C44H64N2O18S4/c1-43(19-10-30-65(49,50)60-4)36-32-34(67(53,54)55)15-17-38(36)45(21-8-6-7-14-42(47)48)40(43)12-9-13-41-44(2,20-11-31-66(51,52)61-5)37-33-35(68(56,57)58)16-18-39(37)46(41)22-23-62-26-27-64-29-28-63-25-24-59-3/h9,12-13,15-18,32-33H,6-8,10-11,14,19-31H2,1-5H3,(H2-,47,48,53,54,55,56,57,58)/p+1. The molecular weight excluding hydrogens is 973 g/mol. The Labute approximate surface area is 400 Å². The fourth-order valence-corrected chi connectivity index (χ4v) is 10.9. The van der Waals surface area contributed by atoms with E-state index >= 15 is 0 Å². The van der Waals surface area contributed by atoms with Gasteiger partial charge in [0.25, 0.3) is 40.5 Å². The lowest BCUT2D eigenvalue weighted by atomic mass is 9.75. The number of methoxy groups -OCH3 is 1. The van der Waals surface area contributed by atoms with Crippen LogP contribution in [0.2, 0.25) is 0 Å². The highest BCUT2D eigenvalue weighted by atomic mass is 32.2. The van der Waals surface area contributed by atoms with E-state index in [1.165, 1.54) is 24.3 Å². The first-order valence-electron chi connectivity index (χ1n) is 22.0. The van der Waals surface area contributed by atoms with Gasteiger partial charge >= 0.3 is 5.97 Å². The third-order valence-electron chi connectivity index (χ3n) is 12.1. The predicted molar refractivity (Wildman–Crippen MR) is 252 cm³/mol. The lowest BCUT2D eigenvalue weighted by Gasteiger charge is -2.30. The summed E-state index contributed by atoms with van der Waals surface area (Å²) in [5.41, 5.74) is 1.25. The van der Waals surface area contributed by atoms with Crippen LogP contribution in [0.15, 0.2) is 70.1 Å². The van der Waals surface area contributed by atoms with Crippen molar-refractivity contribution in [2.75, 3.05) is 97.1 Å². The number of rotatable bonds is 32. The Hall–Kier alpha value is -3.66. The zero-order valence-electron chi connectivity index (χ0n) is 39.1. The van der Waals surface area contributed by atoms with E-state index in [-0.39, 0.29) is 79.8 Å². The van der Waals surface area contributed by atoms with Crippen LogP contribution in [0.25, 0.3) is 0 Å². The van der Waals surface area contributed by atoms with Gasteiger partial charge in [0.05, 0.1) is 87.2 Å². The molecule has 2 aromatic carbocycles. The van der Waals surface area contributed by atoms with E-state index < -0.39 is 57.3 Å². The SMILES string of the molecule is COCCOCCOCCOCCN1C(=CC=CC2=[N+](CCCCCC(=O)O)c3ccc(S(=O)(=O)O)cc3C2(C)CCCS(=O)(=O)OC)C(C)(CCCS(=O)(=O)OC)c2cc(S(=O)(=O)O)ccc21. The van der Waals surface area contributed by atoms with Crippen LogP contribution in [-0.4, -0.2) is 156 Å². The smallest absolute Gasteiger partial charge is 0.303 e. The molecule has 68 heavy (non-hydrogen) atoms. The van der Waals surface area contributed by atoms with E-state index in [1.807, 2.05) is 23.3 Å². The largest absolute Gasteiger partial charge is 0.481 e. The zero-order chi connectivity index (χ0) is 50.4. The molecule has 2 heterocycles. The molecule has 24 heteroatoms. The molecule has 2 aromatic rings. The molecule has 0 aliphatic carbocycles. The van der Waals surface area contributed by atoms with E-state index in [4.69, 9.17) is 27.3 Å². The predicted octanol–water partition coefficient (Wildman–Crippen LogP) is 4.61. The van der Waals surface area contributed by atoms with Crippen molar-refractivity contribution < 1.29 is 84.6 Å². The van der Waals surface area contributed by atoms with E-state index in [9.17, 15) is 52.7 Å². The Morgan fingerprint density at radius 3 is 1.75 bits per heavy atom. The van der Waals surface area contributed by atoms with Gasteiger partial charge in [0.2, 0.25) is 5.69 Å². The number of carboxylic acid groups (broad SMARTS) is 1. The molecule has 0 spiro atoms. The van der Waals surface area contributed by atoms with Crippen molar-refractivity contribution in [3.63, 3.8) is 0 Å². The molecule has 0 saturated carbocycles. The van der Waals surface area contributed by atoms with Crippen molar-refractivity contribution in [2.24, 2.45) is 0 Å². The molecule has 382 valence electrons. The van der Waals surface area contributed by atoms with Gasteiger partial charge < -0.3 is 29.0 Å². The fourth-order valence-electron chi connectivity index (χ4n) is 8.56. The van der Waals surface area contributed by atoms with Gasteiger partial charge in [-0.2, -0.15) is 38.2 Å². The quantitative estimate of drug-likeness (QED) is 0.0391. The number of ether oxygens (including phenoxy) is 4. The summed E-state index contributed by atoms with van der Waals surface area (Å²) in [4.78, 5) is 12.5. The highest BCUT2D eigenvalue weighted by molar-refractivity contribution is 7.87. The molecule has 2 unspecified atom stereocenters. The van der Waals surface area contributed by atoms with Gasteiger partial charge in [0.15, 0.2) is 5.71 Å². The lowest BCUT2D eigenvalue weighted by molar-refractivity contribution is -0.438. The maximum Gasteiger partial charge on any atom is 0.303 e. The second-order valence-corrected chi connectivity index (χ2v) is 23.2. The number of allylic oxidation sites excluding steroid dienone is 4. The highest BCUT2D eigenvalue weighted by Crippen LogP contribution is 2.51. The Balaban J connectivity index is 1.85. The van der Waals surface area contributed by atoms with Gasteiger partial charge in [-0.3, -0.25) is 22.3 Å². The summed E-state index contributed by atoms with van der Waals surface area (Å²) >= 11 is 0. The van der Waals surface area contributed by atoms with Crippen LogP contribution in [0.1, 0.15) is 76.3 Å². The first kappa shape index (κ1) is 56.9. The Morgan fingerprint density at radius 2 is 1.21 bits per heavy atom. The van der Waals surface area contributed by atoms with Gasteiger partial charge in [-0.25, -0.2) is 0 Å². The van der Waals surface area contributed by atoms with Gasteiger partial charge in [-0.15, -0.1) is 0 Å². The second kappa shape index (κ2) is 24.9. The number of aliphatic carboxylic acids is 1. The maximum absolute atomic E-state index is 12.5. The number of carbonyl (C=O) groups is 1. The summed E-state index contributed by atoms with van der Waals surface area (Å²) < 4.78 is 154. The first-order valence-corrected chi connectivity index (χ1v) is 28.0. The molecule has 2 aliphatic heterocycles. The van der Waals surface area contributed by atoms with Crippen molar-refractivity contribution in [2.45, 2.75) is 85.8 Å². The Bertz CT molecular complexity index is 2620. The molecular formula is C44H65N2O18S4+. The minimum Gasteiger partial charge on any atom is -0.481 e. The van der Waals surface area contributed by atoms with Crippen LogP contribution in [0.3, 0.4) is 0 Å². The molecule has 0 radical (unpaired) electrons. The number of carboxylic acids is 1. The molecule has 2 aliphatic rings. The van der Waals surface area contributed by atoms with Crippen molar-refractivity contribution in [1.29, 1.82) is 0 Å². The Kier molecular flexibility index (Phi) is 20.9. The molecule has 0 amide bonds. The van der Waals surface area contributed by atoms with E-state index in [1.54, 1.807) is 37.5 Å². The number of hydrogen-bond donors (Lipinski definition) is 3. The molecule has 0 fully saturated rings. The second-order valence-electron chi connectivity index (χ2n) is 16.7. The monoisotopic (exact) mass is 1040 g/mol. The average molecular weight is 1040 g/mol. The molecule has 0 aromatic heterocycles. The molecule has 4 rings (SSSR count). The van der Waals surface area contributed by atoms with Crippen LogP contribution < -0.4 is 4.90 Å². The topological polar surface area (TPSA) is 276 Å². The van der Waals surface area contributed by atoms with E-state index in [0.29, 0.717) is 86.1 Å². The third kappa shape index (κ3) is 15.4. The van der Waals surface area contributed by atoms with Crippen molar-refractivity contribution >= 4 is 63.5 Å². The van der Waals surface area contributed by atoms with Crippen molar-refractivity contribution in [3.8, 4) is 0 Å². The summed E-state index contributed by atoms with van der Waals surface area (Å²) in [6, 6.07) is 8.40. The summed E-state index contributed by atoms with van der Waals surface area (Å²) in [5.74, 6) is -1.64. The lowest BCUT2D eigenvalue weighted by Crippen LogP contribution is -2.33. The maximum atomic E-state index is 12.5. The minimum absolute atomic E-state index is 0.0330. The molecule has 3 N–H and O–H groups in total. The number of nitrogens with zero attached hydrogens (tertiary/aromatic N) is 2. The molecule has 20 nitrogen and oxygen atoms in total. The summed E-state index contributed by atoms with van der Waals surface area (Å²) in [5, 5.41) is 9.24. The third-order valence-corrected chi connectivity index (χ3v) is 16.4. The summed E-state index contributed by atoms with van der Waals surface area (Å²) in [6.45, 7) is 6.56. The molecule has 0 saturated heterocycles. The van der Waals surface area contributed by atoms with Crippen LogP contribution >= 0.6 is 0 Å². The van der Waals surface area contributed by atoms with Crippen LogP contribution in [0.4, 0.5) is 11.4 Å². The van der Waals surface area contributed by atoms with Gasteiger partial charge in [0.1, 0.15) is 6.54 Å². The van der Waals surface area contributed by atoms with Gasteiger partial charge in [-0.1, -0.05) is 6.08 Å².